The lowest BCUT2D eigenvalue weighted by molar-refractivity contribution is 0.266. The van der Waals surface area contributed by atoms with Gasteiger partial charge in [0.05, 0.1) is 11.4 Å². The zero-order chi connectivity index (χ0) is 17.6. The Kier molecular flexibility index (Phi) is 6.54. The summed E-state index contributed by atoms with van der Waals surface area (Å²) in [4.78, 5) is 4.89. The number of nitrogens with zero attached hydrogens (tertiary/aromatic N) is 1. The molecular weight excluding hydrogens is 322 g/mol. The van der Waals surface area contributed by atoms with E-state index < -0.39 is 0 Å². The highest BCUT2D eigenvalue weighted by atomic mass is 15.1. The van der Waals surface area contributed by atoms with Gasteiger partial charge in [-0.25, -0.2) is 0 Å². The molecule has 2 saturated carbocycles. The van der Waals surface area contributed by atoms with Crippen LogP contribution in [0.15, 0.2) is 18.2 Å². The number of hydrogen-bond acceptors (Lipinski definition) is 5. The van der Waals surface area contributed by atoms with Gasteiger partial charge in [0, 0.05) is 50.3 Å². The van der Waals surface area contributed by atoms with E-state index in [1.165, 1.54) is 62.8 Å². The Morgan fingerprint density at radius 3 is 1.50 bits per heavy atom. The number of hydrogen-bond donors (Lipinski definition) is 4. The lowest BCUT2D eigenvalue weighted by Crippen LogP contribution is -2.53. The van der Waals surface area contributed by atoms with Crippen LogP contribution in [0, 0.1) is 0 Å². The molecule has 0 amide bonds. The van der Waals surface area contributed by atoms with Crippen LogP contribution in [0.3, 0.4) is 0 Å². The second kappa shape index (κ2) is 9.27. The normalized spacial score (nSPS) is 34.0. The predicted octanol–water partition coefficient (Wildman–Crippen LogP) is 2.08. The van der Waals surface area contributed by atoms with Gasteiger partial charge in [0.15, 0.2) is 0 Å². The van der Waals surface area contributed by atoms with Gasteiger partial charge in [0.25, 0.3) is 0 Å². The van der Waals surface area contributed by atoms with Crippen LogP contribution in [0.4, 0.5) is 0 Å². The summed E-state index contributed by atoms with van der Waals surface area (Å²) in [5.41, 5.74) is 2.34. The Labute approximate surface area is 158 Å². The Bertz CT molecular complexity index is 518. The number of nitrogens with one attached hydrogen (secondary N) is 4. The van der Waals surface area contributed by atoms with E-state index in [0.29, 0.717) is 24.2 Å². The van der Waals surface area contributed by atoms with Gasteiger partial charge < -0.3 is 21.3 Å². The number of fused-ring (bicyclic) bond motifs is 4. The SMILES string of the molecule is c1cc2nc(c1)CN[C@@H]1CCCC[C@@H]1NCCN[C@@H]1CCCC[C@@H]1NC2. The average Bonchev–Trinajstić information content (AvgIpc) is 2.69. The highest BCUT2D eigenvalue weighted by Crippen LogP contribution is 2.20. The zero-order valence-corrected chi connectivity index (χ0v) is 16.0. The van der Waals surface area contributed by atoms with Crippen LogP contribution in [-0.2, 0) is 13.1 Å². The lowest BCUT2D eigenvalue weighted by Gasteiger charge is -2.34. The molecule has 0 aromatic carbocycles. The average molecular weight is 358 g/mol. The smallest absolute Gasteiger partial charge is 0.0545 e. The van der Waals surface area contributed by atoms with Gasteiger partial charge in [-0.1, -0.05) is 31.7 Å². The van der Waals surface area contributed by atoms with E-state index in [9.17, 15) is 0 Å². The van der Waals surface area contributed by atoms with E-state index in [2.05, 4.69) is 39.5 Å². The molecule has 3 aliphatic rings. The predicted molar refractivity (Wildman–Crippen MR) is 106 cm³/mol. The number of pyridine rings is 1. The van der Waals surface area contributed by atoms with Gasteiger partial charge >= 0.3 is 0 Å². The topological polar surface area (TPSA) is 61.0 Å². The first-order valence-electron chi connectivity index (χ1n) is 10.8. The van der Waals surface area contributed by atoms with Crippen molar-refractivity contribution >= 4 is 0 Å². The maximum Gasteiger partial charge on any atom is 0.0545 e. The summed E-state index contributed by atoms with van der Waals surface area (Å²) in [6, 6.07) is 8.81. The fraction of sp³-hybridized carbons (Fsp3) is 0.762. The van der Waals surface area contributed by atoms with Gasteiger partial charge in [0.2, 0.25) is 0 Å². The fourth-order valence-corrected chi connectivity index (χ4v) is 4.95. The second-order valence-corrected chi connectivity index (χ2v) is 8.29. The third-order valence-corrected chi connectivity index (χ3v) is 6.43. The van der Waals surface area contributed by atoms with Crippen LogP contribution in [0.2, 0.25) is 0 Å². The molecular formula is C21H35N5. The molecule has 4 N–H and O–H groups in total. The second-order valence-electron chi connectivity index (χ2n) is 8.29. The Morgan fingerprint density at radius 2 is 1.04 bits per heavy atom. The molecule has 2 fully saturated rings. The summed E-state index contributed by atoms with van der Waals surface area (Å²) >= 11 is 0. The van der Waals surface area contributed by atoms with Gasteiger partial charge in [-0.3, -0.25) is 4.98 Å². The highest BCUT2D eigenvalue weighted by molar-refractivity contribution is 5.12. The van der Waals surface area contributed by atoms with Crippen LogP contribution >= 0.6 is 0 Å². The summed E-state index contributed by atoms with van der Waals surface area (Å²) in [7, 11) is 0. The summed E-state index contributed by atoms with van der Waals surface area (Å²) in [5, 5.41) is 15.2. The summed E-state index contributed by atoms with van der Waals surface area (Å²) < 4.78 is 0. The molecule has 2 aliphatic carbocycles. The monoisotopic (exact) mass is 357 g/mol. The molecule has 26 heavy (non-hydrogen) atoms. The van der Waals surface area contributed by atoms with Crippen molar-refractivity contribution in [2.24, 2.45) is 0 Å². The van der Waals surface area contributed by atoms with Crippen molar-refractivity contribution in [1.82, 2.24) is 26.3 Å². The Balaban J connectivity index is 1.47. The fourth-order valence-electron chi connectivity index (χ4n) is 4.95. The quantitative estimate of drug-likeness (QED) is 0.573. The van der Waals surface area contributed by atoms with E-state index >= 15 is 0 Å². The Hall–Kier alpha value is -1.01. The van der Waals surface area contributed by atoms with E-state index in [1.54, 1.807) is 0 Å². The molecule has 5 nitrogen and oxygen atoms in total. The first-order valence-corrected chi connectivity index (χ1v) is 10.8. The number of aromatic nitrogens is 1. The van der Waals surface area contributed by atoms with Crippen molar-refractivity contribution in [3.05, 3.63) is 29.6 Å². The van der Waals surface area contributed by atoms with Crippen molar-refractivity contribution in [3.8, 4) is 0 Å². The molecule has 0 saturated heterocycles. The Morgan fingerprint density at radius 1 is 0.615 bits per heavy atom. The lowest BCUT2D eigenvalue weighted by atomic mass is 9.89. The van der Waals surface area contributed by atoms with Gasteiger partial charge in [-0.2, -0.15) is 0 Å². The standard InChI is InChI=1S/C21H35N5/c1-3-10-20-18(8-1)22-12-13-23-19-9-2-4-11-21(19)25-15-17-7-5-6-16(26-17)14-24-20/h5-7,18-25H,1-4,8-15H2/t18-,19+,20+,21-. The van der Waals surface area contributed by atoms with Crippen molar-refractivity contribution in [1.29, 1.82) is 0 Å². The van der Waals surface area contributed by atoms with Gasteiger partial charge in [-0.15, -0.1) is 0 Å². The van der Waals surface area contributed by atoms with E-state index in [0.717, 1.165) is 26.2 Å². The van der Waals surface area contributed by atoms with Crippen LogP contribution in [0.1, 0.15) is 62.8 Å². The summed E-state index contributed by atoms with van der Waals surface area (Å²) in [6.45, 7) is 3.89. The van der Waals surface area contributed by atoms with E-state index in [4.69, 9.17) is 4.98 Å². The van der Waals surface area contributed by atoms with E-state index in [1.807, 2.05) is 0 Å². The zero-order valence-electron chi connectivity index (χ0n) is 16.0. The first kappa shape index (κ1) is 18.4. The van der Waals surface area contributed by atoms with Crippen LogP contribution in [-0.4, -0.2) is 42.2 Å². The third kappa shape index (κ3) is 4.83. The molecule has 2 heterocycles. The maximum absolute atomic E-state index is 4.89. The van der Waals surface area contributed by atoms with Crippen molar-refractivity contribution in [3.63, 3.8) is 0 Å². The molecule has 0 unspecified atom stereocenters. The molecule has 2 bridgehead atoms. The third-order valence-electron chi connectivity index (χ3n) is 6.43. The molecule has 1 aromatic heterocycles. The van der Waals surface area contributed by atoms with Crippen LogP contribution in [0.5, 0.6) is 0 Å². The minimum atomic E-state index is 0.569. The van der Waals surface area contributed by atoms with Crippen molar-refractivity contribution < 1.29 is 0 Å². The minimum absolute atomic E-state index is 0.569. The van der Waals surface area contributed by atoms with Gasteiger partial charge in [0.1, 0.15) is 0 Å². The molecule has 4 atom stereocenters. The summed E-state index contributed by atoms with van der Waals surface area (Å²) in [5.74, 6) is 0. The number of rotatable bonds is 0. The molecule has 1 aliphatic heterocycles. The molecule has 5 heteroatoms. The molecule has 4 rings (SSSR count). The van der Waals surface area contributed by atoms with Crippen molar-refractivity contribution in [2.45, 2.75) is 88.6 Å². The molecule has 0 radical (unpaired) electrons. The van der Waals surface area contributed by atoms with Crippen LogP contribution < -0.4 is 21.3 Å². The van der Waals surface area contributed by atoms with Crippen LogP contribution in [0.25, 0.3) is 0 Å². The molecule has 1 aromatic rings. The molecule has 0 spiro atoms. The minimum Gasteiger partial charge on any atom is -0.311 e. The largest absolute Gasteiger partial charge is 0.311 e. The maximum atomic E-state index is 4.89. The molecule has 144 valence electrons. The first-order chi connectivity index (χ1) is 12.9. The summed E-state index contributed by atoms with van der Waals surface area (Å²) in [6.07, 6.45) is 10.5. The van der Waals surface area contributed by atoms with E-state index in [-0.39, 0.29) is 0 Å². The van der Waals surface area contributed by atoms with Gasteiger partial charge in [-0.05, 0) is 37.8 Å². The van der Waals surface area contributed by atoms with Crippen molar-refractivity contribution in [2.75, 3.05) is 13.1 Å². The highest BCUT2D eigenvalue weighted by Gasteiger charge is 2.26.